The predicted molar refractivity (Wildman–Crippen MR) is 103 cm³/mol. The molecule has 1 saturated heterocycles. The minimum atomic E-state index is -0.813. The average Bonchev–Trinajstić information content (AvgIpc) is 2.96. The van der Waals surface area contributed by atoms with Crippen molar-refractivity contribution < 1.29 is 9.53 Å². The molecule has 3 rings (SSSR count). The van der Waals surface area contributed by atoms with Crippen molar-refractivity contribution in [2.24, 2.45) is 11.1 Å². The van der Waals surface area contributed by atoms with E-state index in [4.69, 9.17) is 10.5 Å². The molecule has 4 atom stereocenters. The number of carbonyl (C=O) groups excluding carboxylic acids is 1. The average molecular weight is 367 g/mol. The summed E-state index contributed by atoms with van der Waals surface area (Å²) in [6, 6.07) is 10.7. The maximum Gasteiger partial charge on any atom is 0.243 e. The Labute approximate surface area is 157 Å². The molecule has 0 spiro atoms. The number of likely N-dealkylation sites (tertiary alicyclic amines) is 1. The van der Waals surface area contributed by atoms with Gasteiger partial charge in [0.05, 0.1) is 6.10 Å². The number of hydrogen-bond acceptors (Lipinski definition) is 3. The first kappa shape index (κ1) is 20.2. The lowest BCUT2D eigenvalue weighted by Gasteiger charge is -2.58. The lowest BCUT2D eigenvalue weighted by atomic mass is 9.54. The SMILES string of the molecule is CCOC1CC(N)(C(=O)N2CC(c3ccccc3)CC2C)C1(C)C.Cl. The summed E-state index contributed by atoms with van der Waals surface area (Å²) in [6.45, 7) is 9.67. The molecule has 25 heavy (non-hydrogen) atoms. The standard InChI is InChI=1S/C20H30N2O2.ClH/c1-5-24-17-12-20(21,19(17,3)4)18(23)22-13-16(11-14(22)2)15-9-7-6-8-10-15;/h6-10,14,16-17H,5,11-13,21H2,1-4H3;1H. The summed E-state index contributed by atoms with van der Waals surface area (Å²) >= 11 is 0. The smallest absolute Gasteiger partial charge is 0.243 e. The van der Waals surface area contributed by atoms with Crippen molar-refractivity contribution in [1.82, 2.24) is 4.90 Å². The molecule has 1 aromatic carbocycles. The molecule has 1 heterocycles. The molecule has 2 aliphatic rings. The van der Waals surface area contributed by atoms with Gasteiger partial charge >= 0.3 is 0 Å². The maximum absolute atomic E-state index is 13.2. The molecule has 0 bridgehead atoms. The first-order chi connectivity index (χ1) is 11.3. The molecular formula is C20H31ClN2O2. The van der Waals surface area contributed by atoms with Crippen LogP contribution < -0.4 is 5.73 Å². The molecular weight excluding hydrogens is 336 g/mol. The highest BCUT2D eigenvalue weighted by Gasteiger charge is 2.64. The first-order valence-corrected chi connectivity index (χ1v) is 9.07. The molecule has 2 N–H and O–H groups in total. The lowest BCUT2D eigenvalue weighted by Crippen LogP contribution is -2.76. The monoisotopic (exact) mass is 366 g/mol. The third-order valence-corrected chi connectivity index (χ3v) is 6.32. The molecule has 4 unspecified atom stereocenters. The fourth-order valence-electron chi connectivity index (χ4n) is 4.34. The summed E-state index contributed by atoms with van der Waals surface area (Å²) in [5.74, 6) is 0.494. The van der Waals surface area contributed by atoms with Crippen LogP contribution in [0.25, 0.3) is 0 Å². The number of nitrogens with zero attached hydrogens (tertiary/aromatic N) is 1. The van der Waals surface area contributed by atoms with Crippen LogP contribution in [0.3, 0.4) is 0 Å². The van der Waals surface area contributed by atoms with E-state index in [1.165, 1.54) is 5.56 Å². The van der Waals surface area contributed by atoms with Crippen LogP contribution in [0.15, 0.2) is 30.3 Å². The Morgan fingerprint density at radius 3 is 2.52 bits per heavy atom. The molecule has 0 aromatic heterocycles. The predicted octanol–water partition coefficient (Wildman–Crippen LogP) is 3.35. The Morgan fingerprint density at radius 2 is 1.96 bits per heavy atom. The number of benzene rings is 1. The number of amides is 1. The topological polar surface area (TPSA) is 55.6 Å². The summed E-state index contributed by atoms with van der Waals surface area (Å²) < 4.78 is 5.77. The Balaban J connectivity index is 0.00000225. The quantitative estimate of drug-likeness (QED) is 0.889. The highest BCUT2D eigenvalue weighted by Crippen LogP contribution is 2.51. The van der Waals surface area contributed by atoms with Gasteiger partial charge in [0.25, 0.3) is 0 Å². The summed E-state index contributed by atoms with van der Waals surface area (Å²) in [7, 11) is 0. The van der Waals surface area contributed by atoms with Crippen molar-refractivity contribution >= 4 is 18.3 Å². The zero-order valence-electron chi connectivity index (χ0n) is 15.7. The van der Waals surface area contributed by atoms with Crippen molar-refractivity contribution in [2.45, 2.75) is 64.1 Å². The van der Waals surface area contributed by atoms with Gasteiger partial charge in [0.1, 0.15) is 5.54 Å². The second-order valence-electron chi connectivity index (χ2n) is 7.99. The summed E-state index contributed by atoms with van der Waals surface area (Å²) in [5.41, 5.74) is 6.77. The molecule has 1 aliphatic carbocycles. The van der Waals surface area contributed by atoms with Crippen LogP contribution in [-0.4, -0.2) is 41.6 Å². The van der Waals surface area contributed by atoms with E-state index in [0.717, 1.165) is 13.0 Å². The van der Waals surface area contributed by atoms with Gasteiger partial charge in [-0.05, 0) is 25.8 Å². The van der Waals surface area contributed by atoms with Crippen LogP contribution in [0.4, 0.5) is 0 Å². The van der Waals surface area contributed by atoms with E-state index < -0.39 is 5.54 Å². The van der Waals surface area contributed by atoms with Gasteiger partial charge in [-0.25, -0.2) is 0 Å². The van der Waals surface area contributed by atoms with E-state index in [0.29, 0.717) is 18.9 Å². The van der Waals surface area contributed by atoms with Crippen LogP contribution in [0.1, 0.15) is 52.0 Å². The van der Waals surface area contributed by atoms with Crippen molar-refractivity contribution in [3.63, 3.8) is 0 Å². The maximum atomic E-state index is 13.2. The highest BCUT2D eigenvalue weighted by molar-refractivity contribution is 5.89. The van der Waals surface area contributed by atoms with E-state index in [-0.39, 0.29) is 35.9 Å². The van der Waals surface area contributed by atoms with Crippen LogP contribution >= 0.6 is 12.4 Å². The Morgan fingerprint density at radius 1 is 1.32 bits per heavy atom. The van der Waals surface area contributed by atoms with Crippen LogP contribution in [0.5, 0.6) is 0 Å². The third kappa shape index (κ3) is 3.20. The largest absolute Gasteiger partial charge is 0.378 e. The second-order valence-corrected chi connectivity index (χ2v) is 7.99. The number of carbonyl (C=O) groups is 1. The van der Waals surface area contributed by atoms with Gasteiger partial charge in [-0.3, -0.25) is 4.79 Å². The molecule has 1 saturated carbocycles. The molecule has 5 heteroatoms. The summed E-state index contributed by atoms with van der Waals surface area (Å²) in [4.78, 5) is 15.2. The fraction of sp³-hybridized carbons (Fsp3) is 0.650. The van der Waals surface area contributed by atoms with Gasteiger partial charge in [-0.1, -0.05) is 44.2 Å². The normalized spacial score (nSPS) is 33.5. The molecule has 2 fully saturated rings. The second kappa shape index (κ2) is 7.26. The number of halogens is 1. The fourth-order valence-corrected chi connectivity index (χ4v) is 4.34. The van der Waals surface area contributed by atoms with Crippen molar-refractivity contribution in [2.75, 3.05) is 13.2 Å². The van der Waals surface area contributed by atoms with Crippen LogP contribution in [-0.2, 0) is 9.53 Å². The van der Waals surface area contributed by atoms with Crippen molar-refractivity contribution in [3.05, 3.63) is 35.9 Å². The number of nitrogens with two attached hydrogens (primary N) is 1. The van der Waals surface area contributed by atoms with Gasteiger partial charge in [0, 0.05) is 36.9 Å². The van der Waals surface area contributed by atoms with E-state index in [1.54, 1.807) is 0 Å². The first-order valence-electron chi connectivity index (χ1n) is 9.07. The number of rotatable bonds is 4. The molecule has 1 amide bonds. The minimum absolute atomic E-state index is 0. The van der Waals surface area contributed by atoms with E-state index in [2.05, 4.69) is 45.0 Å². The zero-order chi connectivity index (χ0) is 17.5. The van der Waals surface area contributed by atoms with E-state index in [9.17, 15) is 4.79 Å². The molecule has 1 aromatic rings. The zero-order valence-corrected chi connectivity index (χ0v) is 16.5. The minimum Gasteiger partial charge on any atom is -0.378 e. The highest BCUT2D eigenvalue weighted by atomic mass is 35.5. The van der Waals surface area contributed by atoms with E-state index in [1.807, 2.05) is 17.9 Å². The van der Waals surface area contributed by atoms with Gasteiger partial charge in [-0.15, -0.1) is 12.4 Å². The van der Waals surface area contributed by atoms with Gasteiger partial charge in [-0.2, -0.15) is 0 Å². The lowest BCUT2D eigenvalue weighted by molar-refractivity contribution is -0.179. The van der Waals surface area contributed by atoms with Gasteiger partial charge < -0.3 is 15.4 Å². The van der Waals surface area contributed by atoms with Crippen molar-refractivity contribution in [3.8, 4) is 0 Å². The van der Waals surface area contributed by atoms with E-state index >= 15 is 0 Å². The molecule has 4 nitrogen and oxygen atoms in total. The molecule has 0 radical (unpaired) electrons. The molecule has 1 aliphatic heterocycles. The Hall–Kier alpha value is -1.10. The van der Waals surface area contributed by atoms with Crippen LogP contribution in [0.2, 0.25) is 0 Å². The number of ether oxygens (including phenoxy) is 1. The van der Waals surface area contributed by atoms with Crippen LogP contribution in [0, 0.1) is 5.41 Å². The summed E-state index contributed by atoms with van der Waals surface area (Å²) in [5, 5.41) is 0. The third-order valence-electron chi connectivity index (χ3n) is 6.32. The van der Waals surface area contributed by atoms with Gasteiger partial charge in [0.15, 0.2) is 0 Å². The number of hydrogen-bond donors (Lipinski definition) is 1. The molecule has 140 valence electrons. The summed E-state index contributed by atoms with van der Waals surface area (Å²) in [6.07, 6.45) is 1.69. The Kier molecular flexibility index (Phi) is 5.87. The Bertz CT molecular complexity index is 607. The van der Waals surface area contributed by atoms with Crippen molar-refractivity contribution in [1.29, 1.82) is 0 Å². The van der Waals surface area contributed by atoms with Gasteiger partial charge in [0.2, 0.25) is 5.91 Å².